The smallest absolute Gasteiger partial charge is 0.165 e. The van der Waals surface area contributed by atoms with Gasteiger partial charge in [0.2, 0.25) is 0 Å². The molecule has 1 N–H and O–H groups in total. The first-order valence-corrected chi connectivity index (χ1v) is 5.25. The molecule has 0 aliphatic heterocycles. The maximum absolute atomic E-state index is 4.97. The first-order valence-electron chi connectivity index (χ1n) is 5.25. The molecule has 2 heterocycles. The van der Waals surface area contributed by atoms with Crippen LogP contribution in [-0.2, 0) is 11.3 Å². The zero-order chi connectivity index (χ0) is 11.4. The predicted molar refractivity (Wildman–Crippen MR) is 61.4 cm³/mol. The summed E-state index contributed by atoms with van der Waals surface area (Å²) in [7, 11) is 1.67. The fraction of sp³-hybridized carbons (Fsp3) is 0.500. The van der Waals surface area contributed by atoms with E-state index in [0.29, 0.717) is 13.2 Å². The lowest BCUT2D eigenvalue weighted by Gasteiger charge is -2.04. The summed E-state index contributed by atoms with van der Waals surface area (Å²) in [5.41, 5.74) is 1.66. The average molecular weight is 221 g/mol. The normalized spacial score (nSPS) is 10.9. The van der Waals surface area contributed by atoms with E-state index in [1.807, 2.05) is 4.57 Å². The van der Waals surface area contributed by atoms with Gasteiger partial charge in [-0.3, -0.25) is 0 Å². The predicted octanol–water partition coefficient (Wildman–Crippen LogP) is 0.904. The van der Waals surface area contributed by atoms with Crippen molar-refractivity contribution < 1.29 is 4.74 Å². The van der Waals surface area contributed by atoms with Gasteiger partial charge in [-0.1, -0.05) is 0 Å². The highest BCUT2D eigenvalue weighted by Crippen LogP contribution is 2.16. The van der Waals surface area contributed by atoms with E-state index in [9.17, 15) is 0 Å². The molecule has 0 unspecified atom stereocenters. The highest BCUT2D eigenvalue weighted by atomic mass is 16.5. The van der Waals surface area contributed by atoms with E-state index in [-0.39, 0.29) is 0 Å². The van der Waals surface area contributed by atoms with Gasteiger partial charge in [-0.2, -0.15) is 0 Å². The molecular formula is C10H15N5O. The molecule has 2 rings (SSSR count). The van der Waals surface area contributed by atoms with Gasteiger partial charge < -0.3 is 14.6 Å². The number of nitrogens with one attached hydrogen (secondary N) is 1. The van der Waals surface area contributed by atoms with Crippen molar-refractivity contribution in [1.29, 1.82) is 0 Å². The third-order valence-corrected chi connectivity index (χ3v) is 2.34. The second-order valence-corrected chi connectivity index (χ2v) is 3.34. The van der Waals surface area contributed by atoms with Crippen LogP contribution in [0.4, 0.5) is 5.82 Å². The highest BCUT2D eigenvalue weighted by Gasteiger charge is 2.08. The Bertz CT molecular complexity index is 467. The number of ether oxygens (including phenoxy) is 1. The van der Waals surface area contributed by atoms with Crippen molar-refractivity contribution in [3.05, 3.63) is 12.7 Å². The summed E-state index contributed by atoms with van der Waals surface area (Å²) in [6, 6.07) is 0. The maximum atomic E-state index is 4.97. The Morgan fingerprint density at radius 1 is 1.38 bits per heavy atom. The van der Waals surface area contributed by atoms with Crippen LogP contribution < -0.4 is 5.32 Å². The van der Waals surface area contributed by atoms with Crippen LogP contribution in [0, 0.1) is 0 Å². The Morgan fingerprint density at radius 2 is 2.25 bits per heavy atom. The molecule has 0 aromatic carbocycles. The lowest BCUT2D eigenvalue weighted by Crippen LogP contribution is -2.09. The molecule has 0 aliphatic carbocycles. The fourth-order valence-corrected chi connectivity index (χ4v) is 1.51. The molecule has 0 aliphatic rings. The van der Waals surface area contributed by atoms with Crippen LogP contribution in [0.15, 0.2) is 12.7 Å². The molecule has 16 heavy (non-hydrogen) atoms. The van der Waals surface area contributed by atoms with Gasteiger partial charge in [0.1, 0.15) is 11.8 Å². The average Bonchev–Trinajstić information content (AvgIpc) is 2.73. The van der Waals surface area contributed by atoms with Gasteiger partial charge in [-0.05, 0) is 6.92 Å². The van der Waals surface area contributed by atoms with E-state index in [4.69, 9.17) is 4.74 Å². The van der Waals surface area contributed by atoms with Crippen molar-refractivity contribution in [3.8, 4) is 0 Å². The van der Waals surface area contributed by atoms with Crippen molar-refractivity contribution in [3.63, 3.8) is 0 Å². The van der Waals surface area contributed by atoms with Gasteiger partial charge in [0, 0.05) is 20.2 Å². The second kappa shape index (κ2) is 4.89. The van der Waals surface area contributed by atoms with E-state index in [1.165, 1.54) is 0 Å². The number of anilines is 1. The number of fused-ring (bicyclic) bond motifs is 1. The zero-order valence-electron chi connectivity index (χ0n) is 9.47. The summed E-state index contributed by atoms with van der Waals surface area (Å²) in [5.74, 6) is 0.759. The number of hydrogen-bond acceptors (Lipinski definition) is 5. The molecule has 2 aromatic rings. The molecule has 0 saturated heterocycles. The minimum absolute atomic E-state index is 0.639. The van der Waals surface area contributed by atoms with Crippen LogP contribution in [0.3, 0.4) is 0 Å². The molecule has 86 valence electrons. The number of nitrogens with zero attached hydrogens (tertiary/aromatic N) is 4. The molecule has 0 fully saturated rings. The minimum Gasteiger partial charge on any atom is -0.383 e. The van der Waals surface area contributed by atoms with Crippen LogP contribution >= 0.6 is 0 Å². The quantitative estimate of drug-likeness (QED) is 0.760. The third kappa shape index (κ3) is 1.96. The molecule has 0 bridgehead atoms. The SMILES string of the molecule is CCn1cnc2c(NCCOC)ncnc21. The van der Waals surface area contributed by atoms with Crippen molar-refractivity contribution in [2.45, 2.75) is 13.5 Å². The van der Waals surface area contributed by atoms with E-state index in [0.717, 1.165) is 23.5 Å². The van der Waals surface area contributed by atoms with Crippen molar-refractivity contribution >= 4 is 17.0 Å². The van der Waals surface area contributed by atoms with Gasteiger partial charge in [-0.25, -0.2) is 15.0 Å². The monoisotopic (exact) mass is 221 g/mol. The third-order valence-electron chi connectivity index (χ3n) is 2.34. The Kier molecular flexibility index (Phi) is 3.31. The van der Waals surface area contributed by atoms with E-state index >= 15 is 0 Å². The molecule has 2 aromatic heterocycles. The lowest BCUT2D eigenvalue weighted by molar-refractivity contribution is 0.210. The Morgan fingerprint density at radius 3 is 3.00 bits per heavy atom. The molecular weight excluding hydrogens is 206 g/mol. The van der Waals surface area contributed by atoms with Crippen molar-refractivity contribution in [2.24, 2.45) is 0 Å². The van der Waals surface area contributed by atoms with Gasteiger partial charge in [0.15, 0.2) is 11.5 Å². The summed E-state index contributed by atoms with van der Waals surface area (Å²) in [6.07, 6.45) is 3.33. The van der Waals surface area contributed by atoms with Crippen LogP contribution in [0.25, 0.3) is 11.2 Å². The van der Waals surface area contributed by atoms with Crippen LogP contribution in [-0.4, -0.2) is 39.8 Å². The van der Waals surface area contributed by atoms with Crippen LogP contribution in [0.2, 0.25) is 0 Å². The Hall–Kier alpha value is -1.69. The van der Waals surface area contributed by atoms with E-state index < -0.39 is 0 Å². The van der Waals surface area contributed by atoms with Gasteiger partial charge in [0.25, 0.3) is 0 Å². The van der Waals surface area contributed by atoms with Gasteiger partial charge in [0.05, 0.1) is 12.9 Å². The molecule has 0 radical (unpaired) electrons. The van der Waals surface area contributed by atoms with Crippen LogP contribution in [0.5, 0.6) is 0 Å². The first kappa shape index (κ1) is 10.8. The fourth-order valence-electron chi connectivity index (χ4n) is 1.51. The van der Waals surface area contributed by atoms with Crippen LogP contribution in [0.1, 0.15) is 6.92 Å². The number of rotatable bonds is 5. The van der Waals surface area contributed by atoms with E-state index in [2.05, 4.69) is 27.2 Å². The van der Waals surface area contributed by atoms with Gasteiger partial charge >= 0.3 is 0 Å². The largest absolute Gasteiger partial charge is 0.383 e. The molecule has 6 nitrogen and oxygen atoms in total. The standard InChI is InChI=1S/C10H15N5O/c1-3-15-7-14-8-9(11-4-5-16-2)12-6-13-10(8)15/h6-7H,3-5H2,1-2H3,(H,11,12,13). The first-order chi connectivity index (χ1) is 7.86. The molecule has 0 atom stereocenters. The van der Waals surface area contributed by atoms with Crippen molar-refractivity contribution in [1.82, 2.24) is 19.5 Å². The molecule has 0 amide bonds. The number of methoxy groups -OCH3 is 1. The summed E-state index contributed by atoms with van der Waals surface area (Å²) in [4.78, 5) is 12.7. The number of aromatic nitrogens is 4. The van der Waals surface area contributed by atoms with E-state index in [1.54, 1.807) is 19.8 Å². The Labute approximate surface area is 93.7 Å². The number of hydrogen-bond donors (Lipinski definition) is 1. The number of imidazole rings is 1. The van der Waals surface area contributed by atoms with Gasteiger partial charge in [-0.15, -0.1) is 0 Å². The highest BCUT2D eigenvalue weighted by molar-refractivity contribution is 5.82. The summed E-state index contributed by atoms with van der Waals surface area (Å²) >= 11 is 0. The Balaban J connectivity index is 2.28. The maximum Gasteiger partial charge on any atom is 0.165 e. The lowest BCUT2D eigenvalue weighted by atomic mass is 10.4. The molecule has 6 heteroatoms. The number of aryl methyl sites for hydroxylation is 1. The topological polar surface area (TPSA) is 64.9 Å². The zero-order valence-corrected chi connectivity index (χ0v) is 9.47. The summed E-state index contributed by atoms with van der Waals surface area (Å²) in [6.45, 7) is 4.26. The summed E-state index contributed by atoms with van der Waals surface area (Å²) in [5, 5.41) is 3.17. The molecule has 0 spiro atoms. The summed E-state index contributed by atoms with van der Waals surface area (Å²) < 4.78 is 6.96. The second-order valence-electron chi connectivity index (χ2n) is 3.34. The minimum atomic E-state index is 0.639. The molecule has 0 saturated carbocycles. The van der Waals surface area contributed by atoms with Crippen molar-refractivity contribution in [2.75, 3.05) is 25.6 Å².